The van der Waals surface area contributed by atoms with Crippen molar-refractivity contribution < 1.29 is 22.7 Å². The summed E-state index contributed by atoms with van der Waals surface area (Å²) in [5, 5.41) is 0. The molecule has 0 aromatic heterocycles. The lowest BCUT2D eigenvalue weighted by Crippen LogP contribution is -2.50. The summed E-state index contributed by atoms with van der Waals surface area (Å²) in [7, 11) is 1.55. The molecule has 29 heavy (non-hydrogen) atoms. The van der Waals surface area contributed by atoms with Crippen molar-refractivity contribution in [3.63, 3.8) is 0 Å². The second-order valence-electron chi connectivity index (χ2n) is 8.18. The van der Waals surface area contributed by atoms with E-state index < -0.39 is 17.3 Å². The molecule has 2 aliphatic heterocycles. The summed E-state index contributed by atoms with van der Waals surface area (Å²) in [6, 6.07) is 8.36. The van der Waals surface area contributed by atoms with E-state index in [0.717, 1.165) is 29.8 Å². The first-order valence-corrected chi connectivity index (χ1v) is 9.36. The second kappa shape index (κ2) is 6.34. The fourth-order valence-electron chi connectivity index (χ4n) is 4.39. The monoisotopic (exact) mass is 402 g/mol. The number of hydrogen-bond acceptors (Lipinski definition) is 3. The van der Waals surface area contributed by atoms with Crippen LogP contribution >= 0.6 is 0 Å². The first-order chi connectivity index (χ1) is 13.5. The second-order valence-corrected chi connectivity index (χ2v) is 8.18. The quantitative estimate of drug-likeness (QED) is 0.669. The number of aliphatic imine (C=N–C) groups is 1. The number of amides is 1. The molecule has 152 valence electrons. The Bertz CT molecular complexity index is 1040. The smallest absolute Gasteiger partial charge is 0.416 e. The molecular weight excluding hydrogens is 381 g/mol. The summed E-state index contributed by atoms with van der Waals surface area (Å²) in [5.41, 5.74) is 1.37. The lowest BCUT2D eigenvalue weighted by molar-refractivity contribution is -0.137. The Morgan fingerprint density at radius 3 is 2.59 bits per heavy atom. The lowest BCUT2D eigenvalue weighted by atomic mass is 9.80. The van der Waals surface area contributed by atoms with Gasteiger partial charge in [0.2, 0.25) is 0 Å². The van der Waals surface area contributed by atoms with E-state index in [-0.39, 0.29) is 23.2 Å². The summed E-state index contributed by atoms with van der Waals surface area (Å²) >= 11 is 0. The van der Waals surface area contributed by atoms with Gasteiger partial charge in [0.1, 0.15) is 11.5 Å². The first kappa shape index (κ1) is 19.5. The van der Waals surface area contributed by atoms with Crippen molar-refractivity contribution in [2.75, 3.05) is 12.0 Å². The number of alkyl halides is 3. The first-order valence-electron chi connectivity index (χ1n) is 9.36. The van der Waals surface area contributed by atoms with Crippen LogP contribution in [-0.2, 0) is 11.0 Å². The third-order valence-corrected chi connectivity index (χ3v) is 5.59. The van der Waals surface area contributed by atoms with Gasteiger partial charge in [-0.2, -0.15) is 13.2 Å². The van der Waals surface area contributed by atoms with Crippen molar-refractivity contribution in [1.29, 1.82) is 0 Å². The zero-order valence-corrected chi connectivity index (χ0v) is 16.6. The van der Waals surface area contributed by atoms with E-state index in [0.29, 0.717) is 11.3 Å². The minimum Gasteiger partial charge on any atom is -0.497 e. The predicted octanol–water partition coefficient (Wildman–Crippen LogP) is 5.47. The molecule has 1 unspecified atom stereocenters. The highest BCUT2D eigenvalue weighted by Gasteiger charge is 2.48. The molecule has 1 amide bonds. The van der Waals surface area contributed by atoms with Crippen LogP contribution < -0.4 is 9.64 Å². The van der Waals surface area contributed by atoms with Crippen LogP contribution in [0.4, 0.5) is 24.5 Å². The molecule has 4 rings (SSSR count). The summed E-state index contributed by atoms with van der Waals surface area (Å²) < 4.78 is 44.6. The molecule has 0 bridgehead atoms. The van der Waals surface area contributed by atoms with Crippen LogP contribution in [0.2, 0.25) is 0 Å². The number of nitrogens with zero attached hydrogens (tertiary/aromatic N) is 2. The highest BCUT2D eigenvalue weighted by molar-refractivity contribution is 6.55. The van der Waals surface area contributed by atoms with Crippen LogP contribution in [0.25, 0.3) is 0 Å². The molecule has 0 saturated carbocycles. The molecule has 2 aromatic carbocycles. The largest absolute Gasteiger partial charge is 0.497 e. The zero-order valence-electron chi connectivity index (χ0n) is 16.6. The van der Waals surface area contributed by atoms with Crippen LogP contribution in [0.1, 0.15) is 49.8 Å². The van der Waals surface area contributed by atoms with Crippen molar-refractivity contribution in [3.05, 3.63) is 53.1 Å². The Kier molecular flexibility index (Phi) is 4.26. The van der Waals surface area contributed by atoms with Gasteiger partial charge in [-0.1, -0.05) is 13.0 Å². The molecule has 2 heterocycles. The van der Waals surface area contributed by atoms with Gasteiger partial charge >= 0.3 is 6.18 Å². The Morgan fingerprint density at radius 1 is 1.21 bits per heavy atom. The topological polar surface area (TPSA) is 41.9 Å². The van der Waals surface area contributed by atoms with Gasteiger partial charge in [0, 0.05) is 11.1 Å². The minimum atomic E-state index is -4.48. The van der Waals surface area contributed by atoms with E-state index >= 15 is 0 Å². The lowest BCUT2D eigenvalue weighted by Gasteiger charge is -2.43. The number of carbonyl (C=O) groups excluding carboxylic acids is 1. The Morgan fingerprint density at radius 2 is 1.93 bits per heavy atom. The molecule has 1 atom stereocenters. The average Bonchev–Trinajstić information content (AvgIpc) is 2.92. The maximum Gasteiger partial charge on any atom is 0.416 e. The van der Waals surface area contributed by atoms with Gasteiger partial charge in [-0.3, -0.25) is 4.79 Å². The Hall–Kier alpha value is -2.83. The number of ether oxygens (including phenoxy) is 1. The van der Waals surface area contributed by atoms with E-state index in [9.17, 15) is 18.0 Å². The molecule has 0 aliphatic carbocycles. The van der Waals surface area contributed by atoms with Crippen molar-refractivity contribution in [1.82, 2.24) is 0 Å². The molecule has 0 fully saturated rings. The van der Waals surface area contributed by atoms with Crippen LogP contribution in [0.15, 0.2) is 41.4 Å². The standard InChI is InChI=1S/C22H21F3N2O2/c1-12-11-21(2,3)27-19-16(12)9-15(29-4)10-17(19)18(20(27)28)26-14-7-5-6-13(8-14)22(23,24)25/h5-10,12H,11H2,1-4H3. The third kappa shape index (κ3) is 3.09. The van der Waals surface area contributed by atoms with Crippen molar-refractivity contribution in [2.45, 2.75) is 44.8 Å². The fraction of sp³-hybridized carbons (Fsp3) is 0.364. The van der Waals surface area contributed by atoms with E-state index in [1.54, 1.807) is 18.1 Å². The fourth-order valence-corrected chi connectivity index (χ4v) is 4.39. The Labute approximate surface area is 167 Å². The molecule has 0 radical (unpaired) electrons. The normalized spacial score (nSPS) is 21.5. The zero-order chi connectivity index (χ0) is 21.1. The van der Waals surface area contributed by atoms with Crippen molar-refractivity contribution in [2.24, 2.45) is 4.99 Å². The molecule has 2 aliphatic rings. The highest BCUT2D eigenvalue weighted by atomic mass is 19.4. The van der Waals surface area contributed by atoms with E-state index in [4.69, 9.17) is 4.74 Å². The molecular formula is C22H21F3N2O2. The molecule has 0 saturated heterocycles. The van der Waals surface area contributed by atoms with Gasteiger partial charge in [0.05, 0.1) is 24.0 Å². The maximum atomic E-state index is 13.3. The van der Waals surface area contributed by atoms with Gasteiger partial charge < -0.3 is 9.64 Å². The number of benzene rings is 2. The summed E-state index contributed by atoms with van der Waals surface area (Å²) in [6.07, 6.45) is -3.72. The predicted molar refractivity (Wildman–Crippen MR) is 105 cm³/mol. The van der Waals surface area contributed by atoms with Gasteiger partial charge in [-0.15, -0.1) is 0 Å². The molecule has 4 nitrogen and oxygen atoms in total. The molecule has 0 spiro atoms. The summed E-state index contributed by atoms with van der Waals surface area (Å²) in [6.45, 7) is 6.08. The van der Waals surface area contributed by atoms with Gasteiger partial charge in [-0.05, 0) is 62.1 Å². The molecule has 7 heteroatoms. The molecule has 0 N–H and O–H groups in total. The van der Waals surface area contributed by atoms with Crippen LogP contribution in [0.5, 0.6) is 5.75 Å². The van der Waals surface area contributed by atoms with Crippen LogP contribution in [-0.4, -0.2) is 24.3 Å². The van der Waals surface area contributed by atoms with Gasteiger partial charge in [0.25, 0.3) is 5.91 Å². The number of carbonyl (C=O) groups is 1. The third-order valence-electron chi connectivity index (χ3n) is 5.59. The van der Waals surface area contributed by atoms with E-state index in [1.807, 2.05) is 19.9 Å². The number of rotatable bonds is 2. The van der Waals surface area contributed by atoms with E-state index in [1.165, 1.54) is 12.1 Å². The van der Waals surface area contributed by atoms with Crippen molar-refractivity contribution >= 4 is 23.0 Å². The number of methoxy groups -OCH3 is 1. The maximum absolute atomic E-state index is 13.3. The van der Waals surface area contributed by atoms with Gasteiger partial charge in [0.15, 0.2) is 0 Å². The number of halogens is 3. The number of anilines is 1. The number of hydrogen-bond donors (Lipinski definition) is 0. The average molecular weight is 402 g/mol. The van der Waals surface area contributed by atoms with E-state index in [2.05, 4.69) is 11.9 Å². The summed E-state index contributed by atoms with van der Waals surface area (Å²) in [5.74, 6) is 0.492. The summed E-state index contributed by atoms with van der Waals surface area (Å²) in [4.78, 5) is 19.4. The highest BCUT2D eigenvalue weighted by Crippen LogP contribution is 2.50. The SMILES string of the molecule is COc1cc2c3c(c1)C(C)CC(C)(C)N3C(=O)C2=Nc1cccc(C(F)(F)F)c1. The molecule has 2 aromatic rings. The van der Waals surface area contributed by atoms with Crippen LogP contribution in [0.3, 0.4) is 0 Å². The van der Waals surface area contributed by atoms with Gasteiger partial charge in [-0.25, -0.2) is 4.99 Å². The minimum absolute atomic E-state index is 0.0884. The van der Waals surface area contributed by atoms with Crippen molar-refractivity contribution in [3.8, 4) is 5.75 Å². The van der Waals surface area contributed by atoms with Crippen LogP contribution in [0, 0.1) is 0 Å². The Balaban J connectivity index is 1.93.